The topological polar surface area (TPSA) is 53.6 Å². The minimum absolute atomic E-state index is 0.217. The third-order valence-electron chi connectivity index (χ3n) is 4.57. The van der Waals surface area contributed by atoms with Gasteiger partial charge < -0.3 is 15.4 Å². The number of amides is 1. The van der Waals surface area contributed by atoms with Gasteiger partial charge in [-0.05, 0) is 55.9 Å². The molecular formula is C23H26ClN3O2. The Bertz CT molecular complexity index is 960. The number of benzene rings is 2. The molecule has 0 saturated heterocycles. The lowest BCUT2D eigenvalue weighted by molar-refractivity contribution is -0.122. The number of carbonyl (C=O) groups excluding carboxylic acids is 1. The van der Waals surface area contributed by atoms with Gasteiger partial charge in [0.1, 0.15) is 5.75 Å². The van der Waals surface area contributed by atoms with Crippen molar-refractivity contribution >= 4 is 28.9 Å². The normalized spacial score (nSPS) is 15.1. The summed E-state index contributed by atoms with van der Waals surface area (Å²) in [5, 5.41) is 6.80. The van der Waals surface area contributed by atoms with Crippen LogP contribution >= 0.6 is 11.6 Å². The first-order valence-electron chi connectivity index (χ1n) is 9.62. The molecule has 0 aromatic heterocycles. The molecule has 3 rings (SSSR count). The number of nitrogens with zero attached hydrogens (tertiary/aromatic N) is 1. The maximum Gasteiger partial charge on any atom is 0.267 e. The third kappa shape index (κ3) is 5.44. The number of hydrogen-bond donors (Lipinski definition) is 2. The average molecular weight is 412 g/mol. The fraction of sp³-hybridized carbons (Fsp3) is 0.348. The molecule has 29 heavy (non-hydrogen) atoms. The van der Waals surface area contributed by atoms with Crippen molar-refractivity contribution in [1.82, 2.24) is 4.90 Å². The lowest BCUT2D eigenvalue weighted by Crippen LogP contribution is -2.41. The van der Waals surface area contributed by atoms with E-state index in [4.69, 9.17) is 16.3 Å². The number of ether oxygens (including phenoxy) is 1. The molecule has 0 radical (unpaired) electrons. The molecule has 0 aliphatic carbocycles. The SMILES string of the molecule is CC(C)c1ccc(NC(=O)C2CNc3cc(Cl)ccc3O2)c(C#CCN(C)C)c1. The van der Waals surface area contributed by atoms with Gasteiger partial charge in [-0.15, -0.1) is 0 Å². The molecule has 1 atom stereocenters. The Labute approximate surface area is 177 Å². The van der Waals surface area contributed by atoms with E-state index in [1.807, 2.05) is 37.2 Å². The van der Waals surface area contributed by atoms with Gasteiger partial charge in [0.05, 0.1) is 24.5 Å². The van der Waals surface area contributed by atoms with Crippen LogP contribution in [-0.2, 0) is 4.79 Å². The van der Waals surface area contributed by atoms with E-state index < -0.39 is 6.10 Å². The fourth-order valence-electron chi connectivity index (χ4n) is 2.93. The number of fused-ring (bicyclic) bond motifs is 1. The van der Waals surface area contributed by atoms with Crippen molar-refractivity contribution in [3.05, 3.63) is 52.5 Å². The van der Waals surface area contributed by atoms with Gasteiger partial charge in [0.2, 0.25) is 0 Å². The third-order valence-corrected chi connectivity index (χ3v) is 4.80. The van der Waals surface area contributed by atoms with E-state index in [0.29, 0.717) is 35.5 Å². The first kappa shape index (κ1) is 21.0. The standard InChI is InChI=1S/C23H26ClN3O2/c1-15(2)16-7-9-19(17(12-16)6-5-11-27(3)4)26-23(28)22-14-25-20-13-18(24)8-10-21(20)29-22/h7-10,12-13,15,22,25H,11,14H2,1-4H3,(H,26,28). The van der Waals surface area contributed by atoms with Crippen molar-refractivity contribution in [1.29, 1.82) is 0 Å². The minimum atomic E-state index is -0.643. The zero-order valence-corrected chi connectivity index (χ0v) is 17.9. The Hall–Kier alpha value is -2.68. The number of halogens is 1. The highest BCUT2D eigenvalue weighted by molar-refractivity contribution is 6.31. The van der Waals surface area contributed by atoms with E-state index in [1.54, 1.807) is 18.2 Å². The van der Waals surface area contributed by atoms with Crippen LogP contribution in [0.1, 0.15) is 30.9 Å². The smallest absolute Gasteiger partial charge is 0.267 e. The van der Waals surface area contributed by atoms with E-state index in [2.05, 4.69) is 36.3 Å². The van der Waals surface area contributed by atoms with E-state index in [9.17, 15) is 4.79 Å². The van der Waals surface area contributed by atoms with Crippen LogP contribution in [-0.4, -0.2) is 44.1 Å². The Morgan fingerprint density at radius 3 is 2.83 bits per heavy atom. The van der Waals surface area contributed by atoms with Crippen molar-refractivity contribution < 1.29 is 9.53 Å². The van der Waals surface area contributed by atoms with Crippen molar-refractivity contribution in [3.63, 3.8) is 0 Å². The highest BCUT2D eigenvalue weighted by atomic mass is 35.5. The van der Waals surface area contributed by atoms with Gasteiger partial charge in [-0.2, -0.15) is 0 Å². The predicted octanol–water partition coefficient (Wildman–Crippen LogP) is 4.19. The molecule has 2 aromatic rings. The summed E-state index contributed by atoms with van der Waals surface area (Å²) in [5.74, 6) is 7.11. The van der Waals surface area contributed by atoms with Gasteiger partial charge in [0, 0.05) is 10.6 Å². The van der Waals surface area contributed by atoms with Gasteiger partial charge in [0.25, 0.3) is 5.91 Å². The highest BCUT2D eigenvalue weighted by Gasteiger charge is 2.26. The minimum Gasteiger partial charge on any atom is -0.477 e. The van der Waals surface area contributed by atoms with Crippen LogP contribution in [0.25, 0.3) is 0 Å². The fourth-order valence-corrected chi connectivity index (χ4v) is 3.10. The monoisotopic (exact) mass is 411 g/mol. The molecule has 0 bridgehead atoms. The quantitative estimate of drug-likeness (QED) is 0.741. The zero-order valence-electron chi connectivity index (χ0n) is 17.2. The first-order valence-corrected chi connectivity index (χ1v) is 10.00. The number of hydrogen-bond acceptors (Lipinski definition) is 4. The Kier molecular flexibility index (Phi) is 6.68. The molecule has 152 valence electrons. The second-order valence-corrected chi connectivity index (χ2v) is 8.05. The number of nitrogens with one attached hydrogen (secondary N) is 2. The highest BCUT2D eigenvalue weighted by Crippen LogP contribution is 2.32. The molecule has 6 heteroatoms. The van der Waals surface area contributed by atoms with Crippen LogP contribution in [0.5, 0.6) is 5.75 Å². The van der Waals surface area contributed by atoms with Crippen molar-refractivity contribution in [2.45, 2.75) is 25.9 Å². The second-order valence-electron chi connectivity index (χ2n) is 7.62. The van der Waals surface area contributed by atoms with E-state index in [1.165, 1.54) is 5.56 Å². The zero-order chi connectivity index (χ0) is 21.0. The summed E-state index contributed by atoms with van der Waals surface area (Å²) in [5.41, 5.74) is 3.47. The van der Waals surface area contributed by atoms with Crippen LogP contribution in [0.4, 0.5) is 11.4 Å². The summed E-state index contributed by atoms with van der Waals surface area (Å²) >= 11 is 6.01. The Balaban J connectivity index is 1.78. The summed E-state index contributed by atoms with van der Waals surface area (Å²) < 4.78 is 5.86. The lowest BCUT2D eigenvalue weighted by Gasteiger charge is -2.26. The first-order chi connectivity index (χ1) is 13.8. The largest absolute Gasteiger partial charge is 0.477 e. The molecule has 0 fully saturated rings. The van der Waals surface area contributed by atoms with E-state index >= 15 is 0 Å². The summed E-state index contributed by atoms with van der Waals surface area (Å²) in [6.45, 7) is 5.28. The van der Waals surface area contributed by atoms with Gasteiger partial charge >= 0.3 is 0 Å². The Morgan fingerprint density at radius 1 is 1.31 bits per heavy atom. The van der Waals surface area contributed by atoms with E-state index in [-0.39, 0.29) is 5.91 Å². The summed E-state index contributed by atoms with van der Waals surface area (Å²) in [7, 11) is 3.95. The summed E-state index contributed by atoms with van der Waals surface area (Å²) in [6.07, 6.45) is -0.643. The van der Waals surface area contributed by atoms with Crippen LogP contribution in [0.3, 0.4) is 0 Å². The summed E-state index contributed by atoms with van der Waals surface area (Å²) in [6, 6.07) is 11.3. The molecule has 0 spiro atoms. The average Bonchev–Trinajstić information content (AvgIpc) is 2.68. The molecular weight excluding hydrogens is 386 g/mol. The Morgan fingerprint density at radius 2 is 2.10 bits per heavy atom. The molecule has 1 unspecified atom stereocenters. The van der Waals surface area contributed by atoms with Crippen LogP contribution < -0.4 is 15.4 Å². The van der Waals surface area contributed by atoms with Gasteiger partial charge in [-0.1, -0.05) is 43.4 Å². The summed E-state index contributed by atoms with van der Waals surface area (Å²) in [4.78, 5) is 14.8. The van der Waals surface area contributed by atoms with Crippen molar-refractivity contribution in [2.24, 2.45) is 0 Å². The van der Waals surface area contributed by atoms with Crippen molar-refractivity contribution in [2.75, 3.05) is 37.8 Å². The molecule has 1 amide bonds. The van der Waals surface area contributed by atoms with Gasteiger partial charge in [-0.25, -0.2) is 0 Å². The number of anilines is 2. The maximum atomic E-state index is 12.8. The van der Waals surface area contributed by atoms with Crippen molar-refractivity contribution in [3.8, 4) is 17.6 Å². The van der Waals surface area contributed by atoms with Gasteiger partial charge in [0.15, 0.2) is 6.10 Å². The molecule has 1 heterocycles. The lowest BCUT2D eigenvalue weighted by atomic mass is 9.99. The number of carbonyl (C=O) groups is 1. The molecule has 1 aliphatic rings. The van der Waals surface area contributed by atoms with Gasteiger partial charge in [-0.3, -0.25) is 9.69 Å². The molecule has 5 nitrogen and oxygen atoms in total. The molecule has 0 saturated carbocycles. The van der Waals surface area contributed by atoms with Crippen LogP contribution in [0, 0.1) is 11.8 Å². The molecule has 2 N–H and O–H groups in total. The second kappa shape index (κ2) is 9.21. The molecule has 1 aliphatic heterocycles. The maximum absolute atomic E-state index is 12.8. The molecule has 2 aromatic carbocycles. The van der Waals surface area contributed by atoms with E-state index in [0.717, 1.165) is 11.3 Å². The number of rotatable bonds is 4. The van der Waals surface area contributed by atoms with Crippen LogP contribution in [0.15, 0.2) is 36.4 Å². The van der Waals surface area contributed by atoms with Crippen LogP contribution in [0.2, 0.25) is 5.02 Å². The predicted molar refractivity (Wildman–Crippen MR) is 119 cm³/mol.